The second-order valence-corrected chi connectivity index (χ2v) is 5.21. The second kappa shape index (κ2) is 6.18. The summed E-state index contributed by atoms with van der Waals surface area (Å²) in [5.74, 6) is 0. The van der Waals surface area contributed by atoms with Crippen LogP contribution in [0.3, 0.4) is 0 Å². The minimum atomic E-state index is 0.524. The molecule has 2 nitrogen and oxygen atoms in total. The topological polar surface area (TPSA) is 38.0 Å². The number of nitrogens with two attached hydrogens (primary N) is 1. The van der Waals surface area contributed by atoms with Crippen molar-refractivity contribution in [3.05, 3.63) is 52.0 Å². The zero-order chi connectivity index (χ0) is 13.8. The van der Waals surface area contributed by atoms with Crippen LogP contribution in [0.4, 0.5) is 17.1 Å². The summed E-state index contributed by atoms with van der Waals surface area (Å²) in [5.41, 5.74) is 9.23. The van der Waals surface area contributed by atoms with Crippen molar-refractivity contribution in [3.63, 3.8) is 0 Å². The summed E-state index contributed by atoms with van der Waals surface area (Å²) < 4.78 is 0. The minimum Gasteiger partial charge on any atom is -0.399 e. The Bertz CT molecular complexity index is 559. The van der Waals surface area contributed by atoms with Crippen LogP contribution in [-0.2, 0) is 6.42 Å². The first-order valence-corrected chi connectivity index (χ1v) is 6.97. The van der Waals surface area contributed by atoms with Crippen LogP contribution in [0.2, 0.25) is 10.0 Å². The lowest BCUT2D eigenvalue weighted by Gasteiger charge is -2.14. The van der Waals surface area contributed by atoms with E-state index in [0.717, 1.165) is 18.5 Å². The zero-order valence-corrected chi connectivity index (χ0v) is 12.2. The van der Waals surface area contributed by atoms with Gasteiger partial charge in [0.15, 0.2) is 0 Å². The maximum atomic E-state index is 6.19. The summed E-state index contributed by atoms with van der Waals surface area (Å²) in [6.45, 7) is 2.15. The lowest BCUT2D eigenvalue weighted by molar-refractivity contribution is 0.923. The first-order valence-electron chi connectivity index (χ1n) is 6.21. The van der Waals surface area contributed by atoms with Crippen LogP contribution in [0.15, 0.2) is 36.4 Å². The van der Waals surface area contributed by atoms with Gasteiger partial charge in [0.1, 0.15) is 0 Å². The molecular formula is C15H16Cl2N2. The van der Waals surface area contributed by atoms with Crippen LogP contribution < -0.4 is 11.1 Å². The Kier molecular flexibility index (Phi) is 4.56. The zero-order valence-electron chi connectivity index (χ0n) is 10.7. The van der Waals surface area contributed by atoms with E-state index in [0.29, 0.717) is 21.4 Å². The Morgan fingerprint density at radius 2 is 1.74 bits per heavy atom. The Morgan fingerprint density at radius 1 is 1.11 bits per heavy atom. The molecule has 0 unspecified atom stereocenters. The van der Waals surface area contributed by atoms with Gasteiger partial charge in [0.25, 0.3) is 0 Å². The number of anilines is 3. The van der Waals surface area contributed by atoms with E-state index in [-0.39, 0.29) is 0 Å². The smallest absolute Gasteiger partial charge is 0.0764 e. The number of benzene rings is 2. The first-order chi connectivity index (χ1) is 9.11. The van der Waals surface area contributed by atoms with E-state index in [1.54, 1.807) is 12.1 Å². The average Bonchev–Trinajstić information content (AvgIpc) is 2.36. The molecule has 0 aliphatic carbocycles. The van der Waals surface area contributed by atoms with Crippen molar-refractivity contribution in [2.24, 2.45) is 0 Å². The summed E-state index contributed by atoms with van der Waals surface area (Å²) in [6, 6.07) is 11.5. The highest BCUT2D eigenvalue weighted by molar-refractivity contribution is 6.39. The molecule has 0 atom stereocenters. The van der Waals surface area contributed by atoms with Gasteiger partial charge < -0.3 is 11.1 Å². The molecule has 0 fully saturated rings. The molecule has 0 bridgehead atoms. The standard InChI is InChI=1S/C15H16Cl2N2/c1-2-5-10-6-3-4-7-14(10)19-15-12(16)8-11(18)9-13(15)17/h3-4,6-9,19H,2,5,18H2,1H3. The molecule has 4 heteroatoms. The molecule has 0 aliphatic heterocycles. The third-order valence-corrected chi connectivity index (χ3v) is 3.46. The Hall–Kier alpha value is -1.38. The lowest BCUT2D eigenvalue weighted by Crippen LogP contribution is -1.98. The van der Waals surface area contributed by atoms with Gasteiger partial charge in [-0.05, 0) is 30.2 Å². The van der Waals surface area contributed by atoms with Crippen molar-refractivity contribution in [2.45, 2.75) is 19.8 Å². The number of hydrogen-bond acceptors (Lipinski definition) is 2. The van der Waals surface area contributed by atoms with Gasteiger partial charge in [-0.3, -0.25) is 0 Å². The molecule has 0 heterocycles. The Labute approximate surface area is 123 Å². The highest BCUT2D eigenvalue weighted by Crippen LogP contribution is 2.35. The van der Waals surface area contributed by atoms with Crippen LogP contribution in [-0.4, -0.2) is 0 Å². The number of nitrogens with one attached hydrogen (secondary N) is 1. The molecule has 0 aliphatic rings. The third-order valence-electron chi connectivity index (χ3n) is 2.86. The van der Waals surface area contributed by atoms with E-state index in [1.807, 2.05) is 18.2 Å². The average molecular weight is 295 g/mol. The highest BCUT2D eigenvalue weighted by Gasteiger charge is 2.09. The van der Waals surface area contributed by atoms with Crippen molar-refractivity contribution in [3.8, 4) is 0 Å². The van der Waals surface area contributed by atoms with E-state index in [4.69, 9.17) is 28.9 Å². The van der Waals surface area contributed by atoms with Gasteiger partial charge in [0, 0.05) is 11.4 Å². The lowest BCUT2D eigenvalue weighted by atomic mass is 10.1. The minimum absolute atomic E-state index is 0.524. The van der Waals surface area contributed by atoms with Crippen molar-refractivity contribution in [1.82, 2.24) is 0 Å². The number of aryl methyl sites for hydroxylation is 1. The van der Waals surface area contributed by atoms with Gasteiger partial charge in [0.05, 0.1) is 15.7 Å². The third kappa shape index (κ3) is 3.34. The first kappa shape index (κ1) is 14.0. The van der Waals surface area contributed by atoms with Crippen LogP contribution in [0.5, 0.6) is 0 Å². The highest BCUT2D eigenvalue weighted by atomic mass is 35.5. The van der Waals surface area contributed by atoms with Crippen molar-refractivity contribution < 1.29 is 0 Å². The molecule has 100 valence electrons. The van der Waals surface area contributed by atoms with Gasteiger partial charge in [-0.1, -0.05) is 54.7 Å². The van der Waals surface area contributed by atoms with Gasteiger partial charge in [-0.25, -0.2) is 0 Å². The fraction of sp³-hybridized carbons (Fsp3) is 0.200. The molecule has 0 aromatic heterocycles. The monoisotopic (exact) mass is 294 g/mol. The fourth-order valence-corrected chi connectivity index (χ4v) is 2.57. The number of halogens is 2. The molecule has 3 N–H and O–H groups in total. The molecule has 0 radical (unpaired) electrons. The molecule has 2 aromatic carbocycles. The molecule has 0 amide bonds. The molecular weight excluding hydrogens is 279 g/mol. The van der Waals surface area contributed by atoms with Crippen molar-refractivity contribution in [1.29, 1.82) is 0 Å². The summed E-state index contributed by atoms with van der Waals surface area (Å²) >= 11 is 12.4. The van der Waals surface area contributed by atoms with E-state index >= 15 is 0 Å². The fourth-order valence-electron chi connectivity index (χ4n) is 1.98. The maximum Gasteiger partial charge on any atom is 0.0764 e. The summed E-state index contributed by atoms with van der Waals surface area (Å²) in [4.78, 5) is 0. The molecule has 2 aromatic rings. The maximum absolute atomic E-state index is 6.19. The summed E-state index contributed by atoms with van der Waals surface area (Å²) in [7, 11) is 0. The predicted molar refractivity (Wildman–Crippen MR) is 84.6 cm³/mol. The molecule has 0 spiro atoms. The number of nitrogen functional groups attached to an aromatic ring is 1. The van der Waals surface area contributed by atoms with Crippen molar-refractivity contribution >= 4 is 40.3 Å². The van der Waals surface area contributed by atoms with E-state index in [9.17, 15) is 0 Å². The largest absolute Gasteiger partial charge is 0.399 e. The number of rotatable bonds is 4. The predicted octanol–water partition coefficient (Wildman–Crippen LogP) is 5.27. The van der Waals surface area contributed by atoms with Crippen LogP contribution in [0.25, 0.3) is 0 Å². The summed E-state index contributed by atoms with van der Waals surface area (Å²) in [6.07, 6.45) is 2.09. The summed E-state index contributed by atoms with van der Waals surface area (Å²) in [5, 5.41) is 4.35. The van der Waals surface area contributed by atoms with Crippen LogP contribution in [0, 0.1) is 0 Å². The van der Waals surface area contributed by atoms with Gasteiger partial charge in [0.2, 0.25) is 0 Å². The van der Waals surface area contributed by atoms with E-state index in [2.05, 4.69) is 18.3 Å². The van der Waals surface area contributed by atoms with Crippen molar-refractivity contribution in [2.75, 3.05) is 11.1 Å². The normalized spacial score (nSPS) is 10.5. The SMILES string of the molecule is CCCc1ccccc1Nc1c(Cl)cc(N)cc1Cl. The Morgan fingerprint density at radius 3 is 2.37 bits per heavy atom. The van der Waals surface area contributed by atoms with E-state index < -0.39 is 0 Å². The van der Waals surface area contributed by atoms with Gasteiger partial charge in [-0.2, -0.15) is 0 Å². The van der Waals surface area contributed by atoms with Crippen LogP contribution in [0.1, 0.15) is 18.9 Å². The number of hydrogen-bond donors (Lipinski definition) is 2. The van der Waals surface area contributed by atoms with Gasteiger partial charge >= 0.3 is 0 Å². The van der Waals surface area contributed by atoms with Gasteiger partial charge in [-0.15, -0.1) is 0 Å². The Balaban J connectivity index is 2.36. The van der Waals surface area contributed by atoms with E-state index in [1.165, 1.54) is 5.56 Å². The second-order valence-electron chi connectivity index (χ2n) is 4.39. The number of para-hydroxylation sites is 1. The molecule has 0 saturated heterocycles. The molecule has 2 rings (SSSR count). The quantitative estimate of drug-likeness (QED) is 0.754. The molecule has 0 saturated carbocycles. The van der Waals surface area contributed by atoms with Crippen LogP contribution >= 0.6 is 23.2 Å². The molecule has 19 heavy (non-hydrogen) atoms.